The molecule has 1 amide bonds. The zero-order valence-corrected chi connectivity index (χ0v) is 22.5. The molecule has 206 valence electrons. The van der Waals surface area contributed by atoms with Gasteiger partial charge in [-0.2, -0.15) is 0 Å². The van der Waals surface area contributed by atoms with Gasteiger partial charge in [-0.05, 0) is 52.0 Å². The number of nitrogens with zero attached hydrogens (tertiary/aromatic N) is 2. The van der Waals surface area contributed by atoms with Crippen molar-refractivity contribution in [1.29, 1.82) is 0 Å². The molecule has 1 saturated heterocycles. The lowest BCUT2D eigenvalue weighted by Gasteiger charge is -2.36. The van der Waals surface area contributed by atoms with Gasteiger partial charge in [0.05, 0.1) is 31.5 Å². The van der Waals surface area contributed by atoms with Gasteiger partial charge in [0.2, 0.25) is 0 Å². The standard InChI is InChI=1S/C27H35N3O8/c1-6-36-25(32)22-17(3)28-18(4)23(26(33)37-7-2)24(22)27(34)38-16-21(31)30-14-12-29(13-15-30)19-8-10-20(35-5)11-9-19/h8-11,24,28H,6-7,12-16H2,1-5H3. The zero-order valence-electron chi connectivity index (χ0n) is 22.5. The van der Waals surface area contributed by atoms with Crippen LogP contribution in [0.25, 0.3) is 0 Å². The molecular formula is C27H35N3O8. The fourth-order valence-corrected chi connectivity index (χ4v) is 4.50. The van der Waals surface area contributed by atoms with Crippen LogP contribution >= 0.6 is 0 Å². The van der Waals surface area contributed by atoms with Crippen molar-refractivity contribution in [3.05, 3.63) is 46.8 Å². The van der Waals surface area contributed by atoms with Crippen LogP contribution in [0.3, 0.4) is 0 Å². The second-order valence-corrected chi connectivity index (χ2v) is 8.75. The van der Waals surface area contributed by atoms with Crippen molar-refractivity contribution in [3.8, 4) is 5.75 Å². The van der Waals surface area contributed by atoms with Crippen molar-refractivity contribution in [1.82, 2.24) is 10.2 Å². The van der Waals surface area contributed by atoms with Crippen LogP contribution in [-0.4, -0.2) is 81.8 Å². The fourth-order valence-electron chi connectivity index (χ4n) is 4.50. The lowest BCUT2D eigenvalue weighted by atomic mass is 9.85. The molecule has 2 aliphatic rings. The Bertz CT molecular complexity index is 1080. The Morgan fingerprint density at radius 2 is 1.37 bits per heavy atom. The van der Waals surface area contributed by atoms with Crippen molar-refractivity contribution in [3.63, 3.8) is 0 Å². The molecule has 11 nitrogen and oxygen atoms in total. The number of ether oxygens (including phenoxy) is 4. The highest BCUT2D eigenvalue weighted by Gasteiger charge is 2.42. The van der Waals surface area contributed by atoms with Gasteiger partial charge in [-0.15, -0.1) is 0 Å². The molecule has 38 heavy (non-hydrogen) atoms. The predicted molar refractivity (Wildman–Crippen MR) is 138 cm³/mol. The molecule has 1 N–H and O–H groups in total. The molecule has 1 fully saturated rings. The molecule has 1 aromatic rings. The van der Waals surface area contributed by atoms with Gasteiger partial charge >= 0.3 is 17.9 Å². The predicted octanol–water partition coefficient (Wildman–Crippen LogP) is 1.78. The molecule has 2 aliphatic heterocycles. The first-order valence-corrected chi connectivity index (χ1v) is 12.6. The summed E-state index contributed by atoms with van der Waals surface area (Å²) in [5.74, 6) is -3.39. The maximum Gasteiger partial charge on any atom is 0.337 e. The summed E-state index contributed by atoms with van der Waals surface area (Å²) in [5.41, 5.74) is 1.64. The second-order valence-electron chi connectivity index (χ2n) is 8.75. The first-order chi connectivity index (χ1) is 18.2. The smallest absolute Gasteiger partial charge is 0.337 e. The van der Waals surface area contributed by atoms with Gasteiger partial charge < -0.3 is 34.1 Å². The summed E-state index contributed by atoms with van der Waals surface area (Å²) in [5, 5.41) is 2.95. The van der Waals surface area contributed by atoms with Crippen molar-refractivity contribution < 1.29 is 38.1 Å². The van der Waals surface area contributed by atoms with E-state index in [9.17, 15) is 19.2 Å². The number of allylic oxidation sites excluding steroid dienone is 2. The zero-order chi connectivity index (χ0) is 27.8. The number of carbonyl (C=O) groups excluding carboxylic acids is 4. The fraction of sp³-hybridized carbons (Fsp3) is 0.481. The normalized spacial score (nSPS) is 16.1. The lowest BCUT2D eigenvalue weighted by Crippen LogP contribution is -2.50. The Hall–Kier alpha value is -4.02. The third kappa shape index (κ3) is 6.45. The Morgan fingerprint density at radius 3 is 1.84 bits per heavy atom. The van der Waals surface area contributed by atoms with Crippen molar-refractivity contribution in [2.75, 3.05) is 58.0 Å². The molecule has 2 heterocycles. The highest BCUT2D eigenvalue weighted by atomic mass is 16.5. The van der Waals surface area contributed by atoms with Crippen molar-refractivity contribution in [2.24, 2.45) is 5.92 Å². The molecule has 0 atom stereocenters. The molecule has 0 aliphatic carbocycles. The van der Waals surface area contributed by atoms with Crippen molar-refractivity contribution >= 4 is 29.5 Å². The number of dihydropyridines is 1. The molecule has 0 unspecified atom stereocenters. The van der Waals surface area contributed by atoms with Crippen LogP contribution in [0.4, 0.5) is 5.69 Å². The van der Waals surface area contributed by atoms with Crippen molar-refractivity contribution in [2.45, 2.75) is 27.7 Å². The molecule has 1 aromatic carbocycles. The van der Waals surface area contributed by atoms with Gasteiger partial charge in [0.15, 0.2) is 6.61 Å². The van der Waals surface area contributed by atoms with Crippen LogP contribution in [0.1, 0.15) is 27.7 Å². The Morgan fingerprint density at radius 1 is 0.842 bits per heavy atom. The van der Waals surface area contributed by atoms with E-state index < -0.39 is 30.4 Å². The third-order valence-electron chi connectivity index (χ3n) is 6.39. The van der Waals surface area contributed by atoms with E-state index in [0.29, 0.717) is 37.6 Å². The van der Waals surface area contributed by atoms with E-state index >= 15 is 0 Å². The van der Waals surface area contributed by atoms with E-state index in [0.717, 1.165) is 11.4 Å². The minimum absolute atomic E-state index is 0.0499. The second kappa shape index (κ2) is 13.0. The van der Waals surface area contributed by atoms with E-state index in [4.69, 9.17) is 18.9 Å². The number of hydrogen-bond acceptors (Lipinski definition) is 10. The monoisotopic (exact) mass is 529 g/mol. The molecule has 3 rings (SSSR count). The third-order valence-corrected chi connectivity index (χ3v) is 6.39. The number of piperazine rings is 1. The van der Waals surface area contributed by atoms with Crippen LogP contribution < -0.4 is 15.0 Å². The van der Waals surface area contributed by atoms with Gasteiger partial charge in [-0.25, -0.2) is 9.59 Å². The van der Waals surface area contributed by atoms with Crippen LogP contribution in [0, 0.1) is 5.92 Å². The van der Waals surface area contributed by atoms with Crippen LogP contribution in [0.15, 0.2) is 46.8 Å². The van der Waals surface area contributed by atoms with E-state index in [1.165, 1.54) is 0 Å². The molecule has 0 saturated carbocycles. The quantitative estimate of drug-likeness (QED) is 0.374. The summed E-state index contributed by atoms with van der Waals surface area (Å²) < 4.78 is 20.8. The van der Waals surface area contributed by atoms with Gasteiger partial charge in [0.25, 0.3) is 5.91 Å². The van der Waals surface area contributed by atoms with E-state index in [1.807, 2.05) is 24.3 Å². The molecule has 0 spiro atoms. The maximum atomic E-state index is 13.3. The van der Waals surface area contributed by atoms with Crippen LogP contribution in [0.2, 0.25) is 0 Å². The summed E-state index contributed by atoms with van der Waals surface area (Å²) in [6.07, 6.45) is 0. The average Bonchev–Trinajstić information content (AvgIpc) is 2.91. The molecule has 11 heteroatoms. The highest BCUT2D eigenvalue weighted by molar-refractivity contribution is 6.05. The summed E-state index contributed by atoms with van der Waals surface area (Å²) in [4.78, 5) is 55.4. The molecular weight excluding hydrogens is 494 g/mol. The average molecular weight is 530 g/mol. The number of esters is 3. The summed E-state index contributed by atoms with van der Waals surface area (Å²) in [6.45, 7) is 8.26. The summed E-state index contributed by atoms with van der Waals surface area (Å²) in [7, 11) is 1.61. The number of hydrogen-bond donors (Lipinski definition) is 1. The number of nitrogens with one attached hydrogen (secondary N) is 1. The van der Waals surface area contributed by atoms with E-state index in [-0.39, 0.29) is 30.3 Å². The molecule has 0 aromatic heterocycles. The number of rotatable bonds is 9. The largest absolute Gasteiger partial charge is 0.497 e. The minimum atomic E-state index is -1.38. The van der Waals surface area contributed by atoms with E-state index in [1.54, 1.807) is 39.7 Å². The number of benzene rings is 1. The molecule has 0 bridgehead atoms. The summed E-state index contributed by atoms with van der Waals surface area (Å²) >= 11 is 0. The number of amides is 1. The molecule has 0 radical (unpaired) electrons. The number of methoxy groups -OCH3 is 1. The maximum absolute atomic E-state index is 13.3. The van der Waals surface area contributed by atoms with Gasteiger partial charge in [0, 0.05) is 43.3 Å². The lowest BCUT2D eigenvalue weighted by molar-refractivity contribution is -0.156. The van der Waals surface area contributed by atoms with Gasteiger partial charge in [0.1, 0.15) is 11.7 Å². The van der Waals surface area contributed by atoms with Crippen LogP contribution in [-0.2, 0) is 33.4 Å². The minimum Gasteiger partial charge on any atom is -0.497 e. The van der Waals surface area contributed by atoms with Gasteiger partial charge in [-0.1, -0.05) is 0 Å². The number of anilines is 1. The number of carbonyl (C=O) groups is 4. The van der Waals surface area contributed by atoms with E-state index in [2.05, 4.69) is 10.2 Å². The summed E-state index contributed by atoms with van der Waals surface area (Å²) in [6, 6.07) is 7.69. The Balaban J connectivity index is 1.67. The first-order valence-electron chi connectivity index (χ1n) is 12.6. The topological polar surface area (TPSA) is 124 Å². The Kier molecular flexibility index (Phi) is 9.75. The Labute approximate surface area is 222 Å². The highest BCUT2D eigenvalue weighted by Crippen LogP contribution is 2.32. The SMILES string of the molecule is CCOC(=O)C1=C(C)NC(C)=C(C(=O)OCC)C1C(=O)OCC(=O)N1CCN(c2ccc(OC)cc2)CC1. The van der Waals surface area contributed by atoms with Gasteiger partial charge in [-0.3, -0.25) is 9.59 Å². The van der Waals surface area contributed by atoms with Crippen LogP contribution in [0.5, 0.6) is 5.75 Å². The first kappa shape index (κ1) is 28.5.